The van der Waals surface area contributed by atoms with Gasteiger partial charge in [0.15, 0.2) is 5.65 Å². The van der Waals surface area contributed by atoms with Gasteiger partial charge in [0.25, 0.3) is 23.5 Å². The highest BCUT2D eigenvalue weighted by Crippen LogP contribution is 2.61. The maximum atomic E-state index is 11.7. The van der Waals surface area contributed by atoms with Gasteiger partial charge >= 0.3 is 0 Å². The number of nitrogen functional groups attached to an aromatic ring is 1. The van der Waals surface area contributed by atoms with Crippen molar-refractivity contribution in [2.45, 2.75) is 30.8 Å². The van der Waals surface area contributed by atoms with Crippen LogP contribution in [0.15, 0.2) is 12.5 Å². The zero-order valence-electron chi connectivity index (χ0n) is 19.9. The molecule has 3 rings (SSSR count). The van der Waals surface area contributed by atoms with Crippen LogP contribution in [0.25, 0.3) is 5.65 Å². The summed E-state index contributed by atoms with van der Waals surface area (Å²) >= 11 is 0. The number of aliphatic hydroxyl groups excluding tert-OH is 1. The number of phosphoric acid groups is 3. The fourth-order valence-electron chi connectivity index (χ4n) is 2.98. The van der Waals surface area contributed by atoms with Crippen molar-refractivity contribution in [2.75, 3.05) is 12.3 Å². The quantitative estimate of drug-likeness (QED) is 0.157. The minimum absolute atomic E-state index is 0. The molecule has 1 fully saturated rings. The summed E-state index contributed by atoms with van der Waals surface area (Å²) < 4.78 is 51.2. The van der Waals surface area contributed by atoms with Crippen molar-refractivity contribution in [3.63, 3.8) is 0 Å². The number of fused-ring (bicyclic) bond motifs is 1. The Morgan fingerprint density at radius 2 is 1.72 bits per heavy atom. The molecule has 36 heavy (non-hydrogen) atoms. The second kappa shape index (κ2) is 12.3. The molecule has 0 bridgehead atoms. The topological polar surface area (TPSA) is 439 Å². The van der Waals surface area contributed by atoms with Gasteiger partial charge in [0.05, 0.1) is 18.3 Å². The summed E-state index contributed by atoms with van der Waals surface area (Å²) in [6, 6.07) is 0. The third kappa shape index (κ3) is 7.99. The van der Waals surface area contributed by atoms with Crippen molar-refractivity contribution in [1.29, 1.82) is 0 Å². The van der Waals surface area contributed by atoms with Gasteiger partial charge in [0.1, 0.15) is 24.6 Å². The van der Waals surface area contributed by atoms with Gasteiger partial charge in [0.2, 0.25) is 5.95 Å². The highest BCUT2D eigenvalue weighted by molar-refractivity contribution is 7.65. The van der Waals surface area contributed by atoms with E-state index < -0.39 is 53.9 Å². The van der Waals surface area contributed by atoms with Crippen LogP contribution >= 0.6 is 23.5 Å². The molecule has 0 radical (unpaired) electrons. The maximum absolute atomic E-state index is 11.7. The Morgan fingerprint density at radius 3 is 2.28 bits per heavy atom. The number of anilines is 1. The Kier molecular flexibility index (Phi) is 12.6. The third-order valence-corrected chi connectivity index (χ3v) is 8.00. The van der Waals surface area contributed by atoms with Crippen LogP contribution in [0.5, 0.6) is 0 Å². The summed E-state index contributed by atoms with van der Waals surface area (Å²) in [5.74, 6) is -0.00221. The number of nitrogens with two attached hydrogens (primary N) is 2. The van der Waals surface area contributed by atoms with E-state index >= 15 is 0 Å². The SMILES string of the molecule is C[C@@]1(N)[C@H](O)[C@@H](COP(=O)([O-])OP(=O)([O-])OP(=O)([O-])O)O[C@H]1c1cnn2c(N)ncnc12.[NH4+].[NH4+].[NH4+].[NH4+]. The van der Waals surface area contributed by atoms with E-state index in [4.69, 9.17) is 21.1 Å². The number of quaternary nitrogens is 4. The number of rotatable bonds is 8. The minimum atomic E-state index is -6.06. The molecule has 22 N–H and O–H groups in total. The molecule has 0 amide bonds. The smallest absolute Gasteiger partial charge is 0.280 e. The van der Waals surface area contributed by atoms with Crippen LogP contribution in [0.3, 0.4) is 0 Å². The van der Waals surface area contributed by atoms with Gasteiger partial charge in [-0.05, 0) is 6.92 Å². The van der Waals surface area contributed by atoms with Crippen molar-refractivity contribution >= 4 is 35.1 Å². The highest BCUT2D eigenvalue weighted by atomic mass is 31.3. The van der Waals surface area contributed by atoms with Crippen LogP contribution in [0, 0.1) is 0 Å². The van der Waals surface area contributed by atoms with E-state index in [1.165, 1.54) is 17.6 Å². The maximum Gasteiger partial charge on any atom is 0.280 e. The average Bonchev–Trinajstić information content (AvgIpc) is 3.11. The van der Waals surface area contributed by atoms with E-state index in [1.807, 2.05) is 0 Å². The zero-order valence-corrected chi connectivity index (χ0v) is 22.5. The molecule has 0 spiro atoms. The standard InChI is InChI=1S/C11H19N6O12P3.4H3N/c1-11(13)7(18)6(3-26-31(22,23)29-32(24,25)28-30(19,20)21)27-8(11)5-2-16-17-9(5)14-4-15-10(17)12;;;;/h2,4,6-8,18H,3,13H2,1H3,(H,22,23)(H,24,25)(H2,12,14,15)(H2,19,20,21);4*1H3/p+1/t6-,7-,8+,11-;;;;/m1..../s1. The molecular formula is C11H32N10O12P3+. The van der Waals surface area contributed by atoms with Crippen LogP contribution in [0.4, 0.5) is 5.95 Å². The Balaban J connectivity index is 0. The molecule has 3 unspecified atom stereocenters. The van der Waals surface area contributed by atoms with Gasteiger partial charge in [-0.2, -0.15) is 9.61 Å². The van der Waals surface area contributed by atoms with Crippen LogP contribution in [-0.4, -0.2) is 53.9 Å². The molecular weight excluding hydrogens is 557 g/mol. The third-order valence-electron chi connectivity index (χ3n) is 4.31. The number of hydrogen-bond donors (Lipinski definition) is 8. The summed E-state index contributed by atoms with van der Waals surface area (Å²) in [6.07, 6.45) is -1.62. The van der Waals surface area contributed by atoms with Crippen molar-refractivity contribution in [3.8, 4) is 0 Å². The van der Waals surface area contributed by atoms with E-state index in [0.29, 0.717) is 0 Å². The molecule has 1 aliphatic rings. The molecule has 2 aromatic rings. The first-order valence-corrected chi connectivity index (χ1v) is 12.7. The fourth-order valence-corrected chi connectivity index (χ4v) is 5.87. The molecule has 25 heteroatoms. The lowest BCUT2D eigenvalue weighted by atomic mass is 9.87. The highest BCUT2D eigenvalue weighted by Gasteiger charge is 2.52. The zero-order chi connectivity index (χ0) is 24.1. The van der Waals surface area contributed by atoms with Crippen LogP contribution in [-0.2, 0) is 31.6 Å². The van der Waals surface area contributed by atoms with Gasteiger partial charge in [-0.15, -0.1) is 0 Å². The lowest BCUT2D eigenvalue weighted by Crippen LogP contribution is -2.51. The summed E-state index contributed by atoms with van der Waals surface area (Å²) in [7, 11) is -17.7. The average molecular weight is 589 g/mol. The van der Waals surface area contributed by atoms with Crippen LogP contribution < -0.4 is 50.7 Å². The summed E-state index contributed by atoms with van der Waals surface area (Å²) in [5.41, 5.74) is 10.8. The summed E-state index contributed by atoms with van der Waals surface area (Å²) in [6.45, 7) is 0.395. The van der Waals surface area contributed by atoms with Gasteiger partial charge in [0, 0.05) is 5.56 Å². The lowest BCUT2D eigenvalue weighted by molar-refractivity contribution is -0.250. The Hall–Kier alpha value is -1.52. The Bertz CT molecular complexity index is 1160. The number of nitrogens with zero attached hydrogens (tertiary/aromatic N) is 4. The molecule has 22 nitrogen and oxygen atoms in total. The van der Waals surface area contributed by atoms with E-state index in [2.05, 4.69) is 28.2 Å². The lowest BCUT2D eigenvalue weighted by Gasteiger charge is -2.33. The number of aliphatic hydroxyl groups is 1. The molecule has 7 atom stereocenters. The van der Waals surface area contributed by atoms with Crippen molar-refractivity contribution in [3.05, 3.63) is 18.1 Å². The predicted molar refractivity (Wildman–Crippen MR) is 119 cm³/mol. The Labute approximate surface area is 203 Å². The van der Waals surface area contributed by atoms with E-state index in [1.54, 1.807) is 0 Å². The van der Waals surface area contributed by atoms with Gasteiger partial charge in [-0.25, -0.2) is 18.6 Å². The second-order valence-electron chi connectivity index (χ2n) is 6.75. The summed E-state index contributed by atoms with van der Waals surface area (Å²) in [5, 5.41) is 14.5. The molecule has 0 aromatic carbocycles. The first-order chi connectivity index (χ1) is 14.5. The number of aromatic nitrogens is 4. The number of hydrogen-bond acceptors (Lipinski definition) is 16. The molecule has 0 aliphatic carbocycles. The molecule has 3 heterocycles. The van der Waals surface area contributed by atoms with Crippen molar-refractivity contribution in [1.82, 2.24) is 44.2 Å². The van der Waals surface area contributed by atoms with Gasteiger partial charge in [-0.3, -0.25) is 13.7 Å². The van der Waals surface area contributed by atoms with E-state index in [9.17, 15) is 33.5 Å². The second-order valence-corrected chi connectivity index (χ2v) is 11.0. The normalized spacial score (nSPS) is 28.2. The first-order valence-electron chi connectivity index (χ1n) is 8.32. The number of phosphoric ester groups is 1. The van der Waals surface area contributed by atoms with Gasteiger partial charge < -0.3 is 70.0 Å². The van der Waals surface area contributed by atoms with Crippen molar-refractivity contribution < 1.29 is 56.3 Å². The van der Waals surface area contributed by atoms with E-state index in [0.717, 1.165) is 6.33 Å². The monoisotopic (exact) mass is 589 g/mol. The predicted octanol–water partition coefficient (Wildman–Crippen LogP) is -1.82. The van der Waals surface area contributed by atoms with E-state index in [-0.39, 0.29) is 41.8 Å². The molecule has 1 saturated heterocycles. The van der Waals surface area contributed by atoms with Crippen molar-refractivity contribution in [2.24, 2.45) is 5.73 Å². The Morgan fingerprint density at radius 1 is 1.14 bits per heavy atom. The molecule has 0 saturated carbocycles. The largest absolute Gasteiger partial charge is 0.756 e. The molecule has 212 valence electrons. The first kappa shape index (κ1) is 36.6. The van der Waals surface area contributed by atoms with Crippen LogP contribution in [0.1, 0.15) is 18.6 Å². The number of ether oxygens (including phenoxy) is 1. The molecule has 1 aliphatic heterocycles. The summed E-state index contributed by atoms with van der Waals surface area (Å²) in [4.78, 5) is 49.6. The minimum Gasteiger partial charge on any atom is -0.756 e. The van der Waals surface area contributed by atoms with Crippen LogP contribution in [0.2, 0.25) is 0 Å². The molecule has 2 aromatic heterocycles. The fraction of sp³-hybridized carbons (Fsp3) is 0.545. The van der Waals surface area contributed by atoms with Gasteiger partial charge in [-0.1, -0.05) is 0 Å².